The number of hydrogen-bond acceptors (Lipinski definition) is 7. The zero-order valence-corrected chi connectivity index (χ0v) is 13.4. The summed E-state index contributed by atoms with van der Waals surface area (Å²) in [5.41, 5.74) is 0.0236. The largest absolute Gasteiger partial charge is 0.495 e. The maximum Gasteiger partial charge on any atom is 0.325 e. The fraction of sp³-hybridized carbons (Fsp3) is 0.308. The van der Waals surface area contributed by atoms with Crippen molar-refractivity contribution in [1.29, 1.82) is 0 Å². The van der Waals surface area contributed by atoms with Crippen LogP contribution in [0.2, 0.25) is 0 Å². The Hall–Kier alpha value is -2.62. The Balaban J connectivity index is 2.48. The molecule has 0 saturated heterocycles. The van der Waals surface area contributed by atoms with Crippen molar-refractivity contribution in [3.8, 4) is 5.75 Å². The van der Waals surface area contributed by atoms with Crippen molar-refractivity contribution in [2.75, 3.05) is 31.7 Å². The SMILES string of the molecule is COC(=O)CN1C(=O)c2cc(NS(C)(=O)=O)c(OC)cc2C1=O. The summed E-state index contributed by atoms with van der Waals surface area (Å²) in [7, 11) is -1.18. The first-order valence-corrected chi connectivity index (χ1v) is 8.20. The van der Waals surface area contributed by atoms with Gasteiger partial charge in [0, 0.05) is 0 Å². The van der Waals surface area contributed by atoms with E-state index >= 15 is 0 Å². The Kier molecular flexibility index (Phi) is 4.28. The van der Waals surface area contributed by atoms with Gasteiger partial charge in [-0.3, -0.25) is 24.0 Å². The maximum atomic E-state index is 12.3. The molecule has 2 amide bonds. The van der Waals surface area contributed by atoms with Crippen molar-refractivity contribution in [3.05, 3.63) is 23.3 Å². The first-order valence-electron chi connectivity index (χ1n) is 6.30. The summed E-state index contributed by atoms with van der Waals surface area (Å²) in [6, 6.07) is 2.45. The van der Waals surface area contributed by atoms with Gasteiger partial charge in [0.25, 0.3) is 11.8 Å². The van der Waals surface area contributed by atoms with Crippen LogP contribution in [-0.4, -0.2) is 58.1 Å². The molecular weight excluding hydrogens is 328 g/mol. The number of sulfonamides is 1. The van der Waals surface area contributed by atoms with Crippen LogP contribution in [0.1, 0.15) is 20.7 Å². The number of fused-ring (bicyclic) bond motifs is 1. The van der Waals surface area contributed by atoms with Gasteiger partial charge in [-0.05, 0) is 12.1 Å². The highest BCUT2D eigenvalue weighted by molar-refractivity contribution is 7.92. The van der Waals surface area contributed by atoms with E-state index in [2.05, 4.69) is 9.46 Å². The lowest BCUT2D eigenvalue weighted by Crippen LogP contribution is -2.35. The predicted octanol–water partition coefficient (Wildman–Crippen LogP) is -0.164. The highest BCUT2D eigenvalue weighted by Gasteiger charge is 2.38. The van der Waals surface area contributed by atoms with Gasteiger partial charge in [0.15, 0.2) is 0 Å². The van der Waals surface area contributed by atoms with Crippen LogP contribution in [0.3, 0.4) is 0 Å². The average Bonchev–Trinajstić information content (AvgIpc) is 2.69. The molecular formula is C13H14N2O7S. The van der Waals surface area contributed by atoms with Gasteiger partial charge in [0.2, 0.25) is 10.0 Å². The zero-order chi connectivity index (χ0) is 17.4. The van der Waals surface area contributed by atoms with E-state index in [9.17, 15) is 22.8 Å². The van der Waals surface area contributed by atoms with Gasteiger partial charge < -0.3 is 9.47 Å². The summed E-state index contributed by atoms with van der Waals surface area (Å²) < 4.78 is 34.4. The molecule has 1 aromatic carbocycles. The Labute approximate surface area is 132 Å². The van der Waals surface area contributed by atoms with E-state index in [0.29, 0.717) is 0 Å². The summed E-state index contributed by atoms with van der Waals surface area (Å²) in [6.45, 7) is -0.528. The number of anilines is 1. The van der Waals surface area contributed by atoms with Crippen LogP contribution >= 0.6 is 0 Å². The minimum Gasteiger partial charge on any atom is -0.495 e. The third kappa shape index (κ3) is 3.26. The van der Waals surface area contributed by atoms with E-state index in [0.717, 1.165) is 18.3 Å². The minimum absolute atomic E-state index is 0.0224. The number of nitrogens with one attached hydrogen (secondary N) is 1. The molecule has 10 heteroatoms. The molecule has 0 atom stereocenters. The molecule has 1 aliphatic heterocycles. The minimum atomic E-state index is -3.61. The molecule has 9 nitrogen and oxygen atoms in total. The maximum absolute atomic E-state index is 12.3. The molecule has 0 spiro atoms. The normalized spacial score (nSPS) is 13.8. The fourth-order valence-corrected chi connectivity index (χ4v) is 2.66. The van der Waals surface area contributed by atoms with Crippen LogP contribution in [0.15, 0.2) is 12.1 Å². The first-order chi connectivity index (χ1) is 10.7. The molecule has 0 saturated carbocycles. The Morgan fingerprint density at radius 1 is 1.17 bits per heavy atom. The van der Waals surface area contributed by atoms with Crippen molar-refractivity contribution in [3.63, 3.8) is 0 Å². The number of rotatable bonds is 5. The van der Waals surface area contributed by atoms with Gasteiger partial charge >= 0.3 is 5.97 Å². The number of esters is 1. The van der Waals surface area contributed by atoms with Crippen molar-refractivity contribution in [1.82, 2.24) is 4.90 Å². The highest BCUT2D eigenvalue weighted by atomic mass is 32.2. The van der Waals surface area contributed by atoms with Gasteiger partial charge in [0.1, 0.15) is 12.3 Å². The lowest BCUT2D eigenvalue weighted by molar-refractivity contribution is -0.140. The van der Waals surface area contributed by atoms with E-state index < -0.39 is 34.4 Å². The second-order valence-electron chi connectivity index (χ2n) is 4.74. The topological polar surface area (TPSA) is 119 Å². The number of methoxy groups -OCH3 is 2. The molecule has 124 valence electrons. The summed E-state index contributed by atoms with van der Waals surface area (Å²) in [5, 5.41) is 0. The lowest BCUT2D eigenvalue weighted by atomic mass is 10.1. The van der Waals surface area contributed by atoms with Crippen LogP contribution in [0.25, 0.3) is 0 Å². The van der Waals surface area contributed by atoms with Crippen LogP contribution < -0.4 is 9.46 Å². The summed E-state index contributed by atoms with van der Waals surface area (Å²) >= 11 is 0. The van der Waals surface area contributed by atoms with Crippen LogP contribution in [0, 0.1) is 0 Å². The molecule has 2 rings (SSSR count). The zero-order valence-electron chi connectivity index (χ0n) is 12.6. The number of carbonyl (C=O) groups excluding carboxylic acids is 3. The molecule has 1 aliphatic rings. The Morgan fingerprint density at radius 2 is 1.74 bits per heavy atom. The molecule has 0 unspecified atom stereocenters. The molecule has 0 fully saturated rings. The standard InChI is InChI=1S/C13H14N2O7S/c1-21-10-5-8-7(4-9(10)14-23(3,19)20)12(17)15(13(8)18)6-11(16)22-2/h4-5,14H,6H2,1-3H3. The number of benzene rings is 1. The molecule has 1 N–H and O–H groups in total. The third-order valence-corrected chi connectivity index (χ3v) is 3.69. The Morgan fingerprint density at radius 3 is 2.22 bits per heavy atom. The molecule has 1 heterocycles. The summed E-state index contributed by atoms with van der Waals surface area (Å²) in [5.74, 6) is -2.06. The van der Waals surface area contributed by atoms with Gasteiger partial charge in [-0.1, -0.05) is 0 Å². The predicted molar refractivity (Wildman–Crippen MR) is 78.8 cm³/mol. The number of hydrogen-bond donors (Lipinski definition) is 1. The molecule has 0 aliphatic carbocycles. The van der Waals surface area contributed by atoms with Gasteiger partial charge in [0.05, 0.1) is 37.3 Å². The van der Waals surface area contributed by atoms with Crippen molar-refractivity contribution in [2.24, 2.45) is 0 Å². The smallest absolute Gasteiger partial charge is 0.325 e. The molecule has 0 radical (unpaired) electrons. The molecule has 0 bridgehead atoms. The second kappa shape index (κ2) is 5.88. The lowest BCUT2D eigenvalue weighted by Gasteiger charge is -2.11. The van der Waals surface area contributed by atoms with Crippen LogP contribution in [0.4, 0.5) is 5.69 Å². The third-order valence-electron chi connectivity index (χ3n) is 3.10. The van der Waals surface area contributed by atoms with E-state index in [1.165, 1.54) is 19.2 Å². The van der Waals surface area contributed by atoms with Crippen LogP contribution in [0.5, 0.6) is 5.75 Å². The van der Waals surface area contributed by atoms with Crippen molar-refractivity contribution in [2.45, 2.75) is 0 Å². The number of carbonyl (C=O) groups is 3. The highest BCUT2D eigenvalue weighted by Crippen LogP contribution is 2.33. The van der Waals surface area contributed by atoms with E-state index in [-0.39, 0.29) is 22.6 Å². The fourth-order valence-electron chi connectivity index (χ4n) is 2.10. The van der Waals surface area contributed by atoms with Crippen molar-refractivity contribution < 1.29 is 32.3 Å². The number of amides is 2. The van der Waals surface area contributed by atoms with Gasteiger partial charge in [-0.25, -0.2) is 8.42 Å². The first kappa shape index (κ1) is 16.7. The number of imide groups is 1. The monoisotopic (exact) mass is 342 g/mol. The number of nitrogens with zero attached hydrogens (tertiary/aromatic N) is 1. The Bertz CT molecular complexity index is 801. The summed E-state index contributed by atoms with van der Waals surface area (Å²) in [6.07, 6.45) is 0.941. The molecule has 23 heavy (non-hydrogen) atoms. The van der Waals surface area contributed by atoms with E-state index in [1.54, 1.807) is 0 Å². The second-order valence-corrected chi connectivity index (χ2v) is 6.49. The van der Waals surface area contributed by atoms with Gasteiger partial charge in [-0.2, -0.15) is 0 Å². The summed E-state index contributed by atoms with van der Waals surface area (Å²) in [4.78, 5) is 36.5. The quantitative estimate of drug-likeness (QED) is 0.583. The average molecular weight is 342 g/mol. The van der Waals surface area contributed by atoms with E-state index in [1.807, 2.05) is 0 Å². The molecule has 1 aromatic rings. The van der Waals surface area contributed by atoms with Crippen molar-refractivity contribution >= 4 is 33.5 Å². The molecule has 0 aromatic heterocycles. The van der Waals surface area contributed by atoms with Crippen LogP contribution in [-0.2, 0) is 19.6 Å². The van der Waals surface area contributed by atoms with E-state index in [4.69, 9.17) is 4.74 Å². The van der Waals surface area contributed by atoms with Gasteiger partial charge in [-0.15, -0.1) is 0 Å². The number of ether oxygens (including phenoxy) is 2.